The molecule has 0 radical (unpaired) electrons. The monoisotopic (exact) mass is 265 g/mol. The average molecular weight is 266 g/mol. The van der Waals surface area contributed by atoms with Crippen molar-refractivity contribution in [2.24, 2.45) is 5.73 Å². The van der Waals surface area contributed by atoms with Crippen molar-refractivity contribution in [2.75, 3.05) is 6.54 Å². The lowest BCUT2D eigenvalue weighted by atomic mass is 9.86. The second-order valence-electron chi connectivity index (χ2n) is 5.26. The van der Waals surface area contributed by atoms with Gasteiger partial charge < -0.3 is 11.1 Å². The van der Waals surface area contributed by atoms with Crippen LogP contribution in [0.5, 0.6) is 0 Å². The van der Waals surface area contributed by atoms with Crippen LogP contribution in [0, 0.1) is 0 Å². The zero-order valence-electron chi connectivity index (χ0n) is 10.4. The smallest absolute Gasteiger partial charge is 0.0818 e. The molecule has 0 aromatic heterocycles. The highest BCUT2D eigenvalue weighted by atomic mass is 35.5. The molecule has 4 heteroatoms. The van der Waals surface area contributed by atoms with Gasteiger partial charge in [-0.1, -0.05) is 30.7 Å². The van der Waals surface area contributed by atoms with Crippen molar-refractivity contribution in [1.82, 2.24) is 10.6 Å². The molecule has 3 rings (SSSR count). The van der Waals surface area contributed by atoms with Crippen LogP contribution in [0.15, 0.2) is 35.5 Å². The Balaban J connectivity index is 1.84. The van der Waals surface area contributed by atoms with E-state index in [-0.39, 0.29) is 11.5 Å². The minimum Gasteiger partial charge on any atom is -0.312 e. The van der Waals surface area contributed by atoms with E-state index in [2.05, 4.69) is 22.8 Å². The van der Waals surface area contributed by atoms with Gasteiger partial charge >= 0.3 is 0 Å². The van der Waals surface area contributed by atoms with E-state index in [0.717, 1.165) is 12.1 Å². The first kappa shape index (κ1) is 12.4. The predicted molar refractivity (Wildman–Crippen MR) is 75.5 cm³/mol. The molecule has 18 heavy (non-hydrogen) atoms. The van der Waals surface area contributed by atoms with Crippen LogP contribution in [-0.4, -0.2) is 30.2 Å². The first-order chi connectivity index (χ1) is 8.75. The summed E-state index contributed by atoms with van der Waals surface area (Å²) in [6.45, 7) is 1.11. The van der Waals surface area contributed by atoms with Gasteiger partial charge in [0, 0.05) is 12.1 Å². The Morgan fingerprint density at radius 3 is 2.94 bits per heavy atom. The largest absolute Gasteiger partial charge is 0.312 e. The van der Waals surface area contributed by atoms with E-state index in [1.165, 1.54) is 24.8 Å². The van der Waals surface area contributed by atoms with E-state index in [0.29, 0.717) is 12.1 Å². The Morgan fingerprint density at radius 2 is 2.17 bits per heavy atom. The van der Waals surface area contributed by atoms with Crippen molar-refractivity contribution >= 4 is 11.6 Å². The second kappa shape index (κ2) is 5.17. The highest BCUT2D eigenvalue weighted by Crippen LogP contribution is 2.30. The third-order valence-corrected chi connectivity index (χ3v) is 4.41. The number of nitrogens with two attached hydrogens (primary N) is 1. The van der Waals surface area contributed by atoms with Crippen LogP contribution in [-0.2, 0) is 0 Å². The first-order valence-electron chi connectivity index (χ1n) is 6.75. The van der Waals surface area contributed by atoms with Gasteiger partial charge in [0.1, 0.15) is 0 Å². The molecule has 4 N–H and O–H groups in total. The van der Waals surface area contributed by atoms with Gasteiger partial charge in [-0.25, -0.2) is 0 Å². The number of hydrogen-bond donors (Lipinski definition) is 3. The number of hydrogen-bond acceptors (Lipinski definition) is 3. The maximum Gasteiger partial charge on any atom is 0.0818 e. The van der Waals surface area contributed by atoms with Gasteiger partial charge in [0.15, 0.2) is 0 Å². The van der Waals surface area contributed by atoms with Crippen molar-refractivity contribution in [3.8, 4) is 0 Å². The lowest BCUT2D eigenvalue weighted by molar-refractivity contribution is 0.326. The number of fused-ring (bicyclic) bond motifs is 1. The van der Waals surface area contributed by atoms with E-state index < -0.39 is 0 Å². The Morgan fingerprint density at radius 1 is 1.28 bits per heavy atom. The van der Waals surface area contributed by atoms with Crippen LogP contribution < -0.4 is 16.4 Å². The molecule has 4 atom stereocenters. The third-order valence-electron chi connectivity index (χ3n) is 4.03. The van der Waals surface area contributed by atoms with Crippen molar-refractivity contribution in [2.45, 2.75) is 42.9 Å². The number of nitrogens with one attached hydrogen (secondary N) is 2. The standard InChI is InChI=1S/C14H20ClN3/c15-11-5-3-4-9-10(11)8-13(18-14(9)16)12-6-1-2-7-17-12/h3-5,8,11-14,17-18H,1-2,6-7,16H2. The Kier molecular flexibility index (Phi) is 3.57. The zero-order chi connectivity index (χ0) is 12.5. The molecule has 1 saturated heterocycles. The minimum atomic E-state index is -0.107. The zero-order valence-corrected chi connectivity index (χ0v) is 11.2. The molecule has 98 valence electrons. The summed E-state index contributed by atoms with van der Waals surface area (Å²) in [7, 11) is 0. The normalized spacial score (nSPS) is 39.9. The van der Waals surface area contributed by atoms with Crippen molar-refractivity contribution in [3.05, 3.63) is 35.5 Å². The molecule has 0 spiro atoms. The SMILES string of the molecule is NC1NC(C2CCCCN2)C=C2C1=CC=CC2Cl. The first-order valence-corrected chi connectivity index (χ1v) is 7.19. The molecule has 0 saturated carbocycles. The Hall–Kier alpha value is -0.610. The van der Waals surface area contributed by atoms with Crippen LogP contribution in [0.3, 0.4) is 0 Å². The third kappa shape index (κ3) is 2.28. The molecular formula is C14H20ClN3. The minimum absolute atomic E-state index is 0.0377. The molecule has 1 aliphatic carbocycles. The van der Waals surface area contributed by atoms with Crippen LogP contribution in [0.2, 0.25) is 0 Å². The van der Waals surface area contributed by atoms with Gasteiger partial charge in [0.2, 0.25) is 0 Å². The molecular weight excluding hydrogens is 246 g/mol. The summed E-state index contributed by atoms with van der Waals surface area (Å²) in [6.07, 6.45) is 12.0. The van der Waals surface area contributed by atoms with Crippen LogP contribution in [0.25, 0.3) is 0 Å². The van der Waals surface area contributed by atoms with E-state index in [9.17, 15) is 0 Å². The summed E-state index contributed by atoms with van der Waals surface area (Å²) in [4.78, 5) is 0. The molecule has 0 bridgehead atoms. The number of piperidine rings is 1. The van der Waals surface area contributed by atoms with Gasteiger partial charge in [-0.2, -0.15) is 0 Å². The lowest BCUT2D eigenvalue weighted by Crippen LogP contribution is -2.57. The molecule has 3 nitrogen and oxygen atoms in total. The van der Waals surface area contributed by atoms with E-state index >= 15 is 0 Å². The van der Waals surface area contributed by atoms with Crippen molar-refractivity contribution < 1.29 is 0 Å². The van der Waals surface area contributed by atoms with Crippen LogP contribution >= 0.6 is 11.6 Å². The summed E-state index contributed by atoms with van der Waals surface area (Å²) in [5.74, 6) is 0. The molecule has 2 heterocycles. The number of allylic oxidation sites excluding steroid dienone is 3. The average Bonchev–Trinajstić information content (AvgIpc) is 2.41. The summed E-state index contributed by atoms with van der Waals surface area (Å²) < 4.78 is 0. The maximum atomic E-state index is 6.36. The lowest BCUT2D eigenvalue weighted by Gasteiger charge is -2.38. The molecule has 0 aromatic carbocycles. The van der Waals surface area contributed by atoms with Gasteiger partial charge in [-0.15, -0.1) is 11.6 Å². The summed E-state index contributed by atoms with van der Waals surface area (Å²) in [5, 5.41) is 7.02. The molecule has 4 unspecified atom stereocenters. The maximum absolute atomic E-state index is 6.36. The predicted octanol–water partition coefficient (Wildman–Crippen LogP) is 1.42. The molecule has 1 fully saturated rings. The van der Waals surface area contributed by atoms with Gasteiger partial charge in [-0.3, -0.25) is 5.32 Å². The fourth-order valence-electron chi connectivity index (χ4n) is 3.04. The van der Waals surface area contributed by atoms with Crippen LogP contribution in [0.1, 0.15) is 19.3 Å². The van der Waals surface area contributed by atoms with E-state index in [4.69, 9.17) is 17.3 Å². The van der Waals surface area contributed by atoms with Crippen molar-refractivity contribution in [3.63, 3.8) is 0 Å². The highest BCUT2D eigenvalue weighted by molar-refractivity contribution is 6.24. The Labute approximate surface area is 113 Å². The topological polar surface area (TPSA) is 50.1 Å². The Bertz CT molecular complexity index is 407. The number of alkyl halides is 1. The summed E-state index contributed by atoms with van der Waals surface area (Å²) in [5.41, 5.74) is 8.52. The van der Waals surface area contributed by atoms with E-state index in [1.54, 1.807) is 0 Å². The number of halogens is 1. The van der Waals surface area contributed by atoms with E-state index in [1.807, 2.05) is 12.2 Å². The fourth-order valence-corrected chi connectivity index (χ4v) is 3.33. The summed E-state index contributed by atoms with van der Waals surface area (Å²) in [6, 6.07) is 0.772. The number of rotatable bonds is 1. The quantitative estimate of drug-likeness (QED) is 0.629. The van der Waals surface area contributed by atoms with Gasteiger partial charge in [0.05, 0.1) is 11.5 Å². The molecule has 2 aliphatic heterocycles. The fraction of sp³-hybridized carbons (Fsp3) is 0.571. The molecule has 3 aliphatic rings. The summed E-state index contributed by atoms with van der Waals surface area (Å²) >= 11 is 6.36. The van der Waals surface area contributed by atoms with Crippen molar-refractivity contribution in [1.29, 1.82) is 0 Å². The molecule has 0 amide bonds. The van der Waals surface area contributed by atoms with Gasteiger partial charge in [-0.05, 0) is 30.5 Å². The van der Waals surface area contributed by atoms with Gasteiger partial charge in [0.25, 0.3) is 0 Å². The second-order valence-corrected chi connectivity index (χ2v) is 5.73. The highest BCUT2D eigenvalue weighted by Gasteiger charge is 2.32. The van der Waals surface area contributed by atoms with Crippen LogP contribution in [0.4, 0.5) is 0 Å². The molecule has 0 aromatic rings.